The fourth-order valence-electron chi connectivity index (χ4n) is 1.09. The van der Waals surface area contributed by atoms with Crippen molar-refractivity contribution < 1.29 is 13.3 Å². The molecule has 15 heavy (non-hydrogen) atoms. The minimum atomic E-state index is -3.24. The van der Waals surface area contributed by atoms with Gasteiger partial charge in [0.05, 0.1) is 17.3 Å². The fourth-order valence-corrected chi connectivity index (χ4v) is 2.50. The second-order valence-corrected chi connectivity index (χ2v) is 5.54. The van der Waals surface area contributed by atoms with Crippen LogP contribution in [0.15, 0.2) is 29.2 Å². The van der Waals surface area contributed by atoms with E-state index < -0.39 is 9.84 Å². The number of hydrogen-bond acceptors (Lipinski definition) is 4. The Kier molecular flexibility index (Phi) is 4.53. The maximum atomic E-state index is 11.7. The minimum absolute atomic E-state index is 0.0197. The average molecular weight is 250 g/mol. The predicted molar refractivity (Wildman–Crippen MR) is 58.3 cm³/mol. The van der Waals surface area contributed by atoms with Gasteiger partial charge in [0.25, 0.3) is 0 Å². The summed E-state index contributed by atoms with van der Waals surface area (Å²) < 4.78 is 23.4. The van der Waals surface area contributed by atoms with Crippen molar-refractivity contribution in [3.05, 3.63) is 29.3 Å². The number of nitrogens with two attached hydrogens (primary N) is 1. The summed E-state index contributed by atoms with van der Waals surface area (Å²) in [6.07, 6.45) is 0.376. The first-order valence-electron chi connectivity index (χ1n) is 4.36. The Bertz CT molecular complexity index is 402. The summed E-state index contributed by atoms with van der Waals surface area (Å²) in [5, 5.41) is 0.513. The number of sulfone groups is 1. The van der Waals surface area contributed by atoms with E-state index in [9.17, 15) is 8.42 Å². The first-order chi connectivity index (χ1) is 7.06. The summed E-state index contributed by atoms with van der Waals surface area (Å²) >= 11 is 5.66. The molecular weight excluding hydrogens is 238 g/mol. The maximum Gasteiger partial charge on any atom is 0.178 e. The fraction of sp³-hybridized carbons (Fsp3) is 0.333. The average Bonchev–Trinajstić information content (AvgIpc) is 2.18. The molecule has 4 nitrogen and oxygen atoms in total. The summed E-state index contributed by atoms with van der Waals surface area (Å²) in [6, 6.07) is 6.07. The van der Waals surface area contributed by atoms with Gasteiger partial charge in [0.2, 0.25) is 0 Å². The van der Waals surface area contributed by atoms with Gasteiger partial charge < -0.3 is 4.84 Å². The van der Waals surface area contributed by atoms with Crippen molar-refractivity contribution in [1.82, 2.24) is 0 Å². The Morgan fingerprint density at radius 2 is 1.87 bits per heavy atom. The molecule has 0 aliphatic heterocycles. The van der Waals surface area contributed by atoms with Crippen molar-refractivity contribution in [3.63, 3.8) is 0 Å². The number of rotatable bonds is 5. The van der Waals surface area contributed by atoms with Crippen molar-refractivity contribution in [2.24, 2.45) is 5.90 Å². The van der Waals surface area contributed by atoms with Gasteiger partial charge in [0.1, 0.15) is 0 Å². The Hall–Kier alpha value is -0.620. The van der Waals surface area contributed by atoms with Crippen LogP contribution in [0.3, 0.4) is 0 Å². The van der Waals surface area contributed by atoms with Crippen LogP contribution in [0, 0.1) is 0 Å². The quantitative estimate of drug-likeness (QED) is 0.633. The lowest BCUT2D eigenvalue weighted by Crippen LogP contribution is -2.10. The van der Waals surface area contributed by atoms with E-state index in [-0.39, 0.29) is 17.3 Å². The van der Waals surface area contributed by atoms with Crippen LogP contribution in [0.25, 0.3) is 0 Å². The van der Waals surface area contributed by atoms with Crippen molar-refractivity contribution in [2.45, 2.75) is 11.3 Å². The van der Waals surface area contributed by atoms with Gasteiger partial charge in [0.15, 0.2) is 9.84 Å². The smallest absolute Gasteiger partial charge is 0.178 e. The third kappa shape index (κ3) is 3.79. The molecular formula is C9H12ClNO3S. The lowest BCUT2D eigenvalue weighted by atomic mass is 10.4. The van der Waals surface area contributed by atoms with E-state index in [2.05, 4.69) is 4.84 Å². The van der Waals surface area contributed by atoms with E-state index >= 15 is 0 Å². The molecule has 0 atom stereocenters. The largest absolute Gasteiger partial charge is 0.305 e. The highest BCUT2D eigenvalue weighted by Gasteiger charge is 2.13. The van der Waals surface area contributed by atoms with Crippen molar-refractivity contribution in [1.29, 1.82) is 0 Å². The van der Waals surface area contributed by atoms with Gasteiger partial charge in [-0.25, -0.2) is 14.3 Å². The van der Waals surface area contributed by atoms with Gasteiger partial charge in [0, 0.05) is 5.02 Å². The van der Waals surface area contributed by atoms with E-state index in [1.54, 1.807) is 12.1 Å². The van der Waals surface area contributed by atoms with Gasteiger partial charge >= 0.3 is 0 Å². The highest BCUT2D eigenvalue weighted by atomic mass is 35.5. The molecule has 0 amide bonds. The van der Waals surface area contributed by atoms with E-state index in [4.69, 9.17) is 17.5 Å². The van der Waals surface area contributed by atoms with Crippen LogP contribution in [0.1, 0.15) is 6.42 Å². The molecule has 1 aromatic rings. The SMILES string of the molecule is NOCCCS(=O)(=O)c1ccc(Cl)cc1. The molecule has 0 saturated carbocycles. The third-order valence-electron chi connectivity index (χ3n) is 1.85. The molecule has 0 radical (unpaired) electrons. The van der Waals surface area contributed by atoms with Crippen LogP contribution in [0.2, 0.25) is 5.02 Å². The summed E-state index contributed by atoms with van der Waals surface area (Å²) in [7, 11) is -3.24. The molecule has 0 saturated heterocycles. The van der Waals surface area contributed by atoms with Crippen LogP contribution in [0.5, 0.6) is 0 Å². The Labute approximate surface area is 93.9 Å². The van der Waals surface area contributed by atoms with Crippen LogP contribution < -0.4 is 5.90 Å². The zero-order valence-corrected chi connectivity index (χ0v) is 9.59. The minimum Gasteiger partial charge on any atom is -0.305 e. The van der Waals surface area contributed by atoms with E-state index in [1.165, 1.54) is 12.1 Å². The Balaban J connectivity index is 2.73. The molecule has 0 fully saturated rings. The van der Waals surface area contributed by atoms with E-state index in [0.29, 0.717) is 11.4 Å². The molecule has 0 spiro atoms. The first-order valence-corrected chi connectivity index (χ1v) is 6.39. The normalized spacial score (nSPS) is 11.6. The highest BCUT2D eigenvalue weighted by molar-refractivity contribution is 7.91. The lowest BCUT2D eigenvalue weighted by molar-refractivity contribution is 0.139. The monoisotopic (exact) mass is 249 g/mol. The molecule has 1 rings (SSSR count). The third-order valence-corrected chi connectivity index (χ3v) is 3.92. The number of benzene rings is 1. The van der Waals surface area contributed by atoms with Gasteiger partial charge in [-0.1, -0.05) is 11.6 Å². The van der Waals surface area contributed by atoms with Crippen molar-refractivity contribution in [3.8, 4) is 0 Å². The van der Waals surface area contributed by atoms with Crippen LogP contribution in [-0.2, 0) is 14.7 Å². The lowest BCUT2D eigenvalue weighted by Gasteiger charge is -2.03. The molecule has 84 valence electrons. The van der Waals surface area contributed by atoms with E-state index in [1.807, 2.05) is 0 Å². The van der Waals surface area contributed by atoms with Crippen LogP contribution in [-0.4, -0.2) is 20.8 Å². The Morgan fingerprint density at radius 1 is 1.27 bits per heavy atom. The molecule has 0 aliphatic carbocycles. The number of halogens is 1. The Morgan fingerprint density at radius 3 is 2.40 bits per heavy atom. The highest BCUT2D eigenvalue weighted by Crippen LogP contribution is 2.15. The number of hydrogen-bond donors (Lipinski definition) is 1. The summed E-state index contributed by atoms with van der Waals surface area (Å²) in [4.78, 5) is 4.57. The van der Waals surface area contributed by atoms with Gasteiger partial charge in [-0.05, 0) is 30.7 Å². The van der Waals surface area contributed by atoms with Gasteiger partial charge in [-0.15, -0.1) is 0 Å². The molecule has 0 aliphatic rings. The van der Waals surface area contributed by atoms with E-state index in [0.717, 1.165) is 0 Å². The van der Waals surface area contributed by atoms with Gasteiger partial charge in [-0.3, -0.25) is 0 Å². The molecule has 0 bridgehead atoms. The van der Waals surface area contributed by atoms with Crippen LogP contribution in [0.4, 0.5) is 0 Å². The molecule has 2 N–H and O–H groups in total. The first kappa shape index (κ1) is 12.4. The van der Waals surface area contributed by atoms with Gasteiger partial charge in [-0.2, -0.15) is 0 Å². The topological polar surface area (TPSA) is 69.4 Å². The molecule has 0 heterocycles. The summed E-state index contributed by atoms with van der Waals surface area (Å²) in [6.45, 7) is 0.229. The molecule has 0 unspecified atom stereocenters. The maximum absolute atomic E-state index is 11.7. The van der Waals surface area contributed by atoms with Crippen LogP contribution >= 0.6 is 11.6 Å². The molecule has 0 aromatic heterocycles. The molecule has 1 aromatic carbocycles. The summed E-state index contributed by atoms with van der Waals surface area (Å²) in [5.41, 5.74) is 0. The predicted octanol–water partition coefficient (Wildman–Crippen LogP) is 1.39. The van der Waals surface area contributed by atoms with Crippen molar-refractivity contribution in [2.75, 3.05) is 12.4 Å². The second kappa shape index (κ2) is 5.46. The standard InChI is InChI=1S/C9H12ClNO3S/c10-8-2-4-9(5-3-8)15(12,13)7-1-6-14-11/h2-5H,1,6-7,11H2. The zero-order chi connectivity index (χ0) is 11.3. The molecule has 6 heteroatoms. The van der Waals surface area contributed by atoms with Crippen molar-refractivity contribution >= 4 is 21.4 Å². The summed E-state index contributed by atoms with van der Waals surface area (Å²) in [5.74, 6) is 4.82. The zero-order valence-electron chi connectivity index (χ0n) is 8.02. The second-order valence-electron chi connectivity index (χ2n) is 3.00.